The Bertz CT molecular complexity index is 7020. The highest BCUT2D eigenvalue weighted by atomic mass is 14.6. The van der Waals surface area contributed by atoms with Gasteiger partial charge in [0.25, 0.3) is 0 Å². The molecule has 0 saturated heterocycles. The summed E-state index contributed by atoms with van der Waals surface area (Å²) >= 11 is 0. The van der Waals surface area contributed by atoms with Crippen LogP contribution in [0.2, 0.25) is 0 Å². The molecule has 0 bridgehead atoms. The summed E-state index contributed by atoms with van der Waals surface area (Å²) in [6.07, 6.45) is 18.6. The molecule has 0 unspecified atom stereocenters. The van der Waals surface area contributed by atoms with Crippen molar-refractivity contribution in [1.82, 2.24) is 19.9 Å². The van der Waals surface area contributed by atoms with Crippen molar-refractivity contribution >= 4 is 248 Å². The molecule has 79 heavy (non-hydrogen) atoms. The van der Waals surface area contributed by atoms with E-state index in [1.807, 2.05) is 0 Å². The normalized spacial score (nSPS) is 14.3. The van der Waals surface area contributed by atoms with E-state index < -0.39 is 0 Å². The van der Waals surface area contributed by atoms with Crippen LogP contribution in [0.4, 0.5) is 0 Å². The van der Waals surface area contributed by atoms with E-state index in [9.17, 15) is 0 Å². The van der Waals surface area contributed by atoms with Gasteiger partial charge < -0.3 is 0 Å². The summed E-state index contributed by atoms with van der Waals surface area (Å²) in [7, 11) is 0. The molecular formula is C75H36N4. The number of hydrogen-bond acceptors (Lipinski definition) is 4. The lowest BCUT2D eigenvalue weighted by Crippen LogP contribution is -2.05. The molecule has 0 spiro atoms. The summed E-state index contributed by atoms with van der Waals surface area (Å²) in [6, 6.07) is 20.1. The first kappa shape index (κ1) is 38.0. The fourth-order valence-electron chi connectivity index (χ4n) is 19.6. The summed E-state index contributed by atoms with van der Waals surface area (Å²) < 4.78 is 0. The lowest BCUT2D eigenvalue weighted by molar-refractivity contribution is 1.13. The molecule has 0 atom stereocenters. The molecule has 0 aliphatic carbocycles. The van der Waals surface area contributed by atoms with Crippen LogP contribution in [0.3, 0.4) is 0 Å². The van der Waals surface area contributed by atoms with Crippen molar-refractivity contribution in [3.05, 3.63) is 131 Å². The van der Waals surface area contributed by atoms with Crippen LogP contribution < -0.4 is 0 Å². The van der Waals surface area contributed by atoms with Gasteiger partial charge >= 0.3 is 0 Å². The average Bonchev–Trinajstić information content (AvgIpc) is 1.02. The fraction of sp³-hybridized carbons (Fsp3) is 0.0933. The van der Waals surface area contributed by atoms with Crippen LogP contribution in [0.15, 0.2) is 98.1 Å². The summed E-state index contributed by atoms with van der Waals surface area (Å²) in [6.45, 7) is 14.0. The minimum atomic E-state index is 0.956. The predicted octanol–water partition coefficient (Wildman–Crippen LogP) is 20.6. The number of benzene rings is 20. The Morgan fingerprint density at radius 2 is 0.532 bits per heavy atom. The van der Waals surface area contributed by atoms with E-state index in [0.717, 1.165) is 6.42 Å². The third-order valence-corrected chi connectivity index (χ3v) is 22.1. The monoisotopic (exact) mass is 992 g/mol. The molecule has 24 aromatic rings. The first-order valence-electron chi connectivity index (χ1n) is 28.3. The topological polar surface area (TPSA) is 51.6 Å². The first-order valence-corrected chi connectivity index (χ1v) is 28.3. The smallest absolute Gasteiger partial charge is 0.0353 e. The van der Waals surface area contributed by atoms with E-state index in [1.165, 1.54) is 281 Å². The minimum Gasteiger partial charge on any atom is -0.263 e. The van der Waals surface area contributed by atoms with Crippen LogP contribution in [0, 0.1) is 34.6 Å². The van der Waals surface area contributed by atoms with Crippen LogP contribution in [-0.4, -0.2) is 19.9 Å². The van der Waals surface area contributed by atoms with Gasteiger partial charge in [-0.2, -0.15) is 0 Å². The van der Waals surface area contributed by atoms with Crippen molar-refractivity contribution in [2.75, 3.05) is 0 Å². The molecule has 0 fully saturated rings. The Morgan fingerprint density at radius 1 is 0.228 bits per heavy atom. The van der Waals surface area contributed by atoms with E-state index in [4.69, 9.17) is 19.9 Å². The first-order chi connectivity index (χ1) is 38.8. The number of pyridine rings is 4. The third-order valence-electron chi connectivity index (χ3n) is 22.1. The van der Waals surface area contributed by atoms with Gasteiger partial charge in [-0.25, -0.2) is 0 Å². The van der Waals surface area contributed by atoms with E-state index in [0.29, 0.717) is 0 Å². The largest absolute Gasteiger partial charge is 0.263 e. The number of aromatic nitrogens is 4. The number of aryl methyl sites for hydroxylation is 6. The van der Waals surface area contributed by atoms with Crippen molar-refractivity contribution < 1.29 is 0 Å². The second-order valence-electron chi connectivity index (χ2n) is 25.0. The molecule has 4 heteroatoms. The maximum Gasteiger partial charge on any atom is 0.0353 e. The summed E-state index contributed by atoms with van der Waals surface area (Å²) in [5.41, 5.74) is 8.08. The van der Waals surface area contributed by atoms with Gasteiger partial charge in [-0.1, -0.05) is 43.3 Å². The van der Waals surface area contributed by atoms with Crippen molar-refractivity contribution in [3.8, 4) is 0 Å². The molecule has 0 N–H and O–H groups in total. The van der Waals surface area contributed by atoms with Crippen molar-refractivity contribution in [3.63, 3.8) is 0 Å². The van der Waals surface area contributed by atoms with E-state index in [1.54, 1.807) is 0 Å². The Balaban J connectivity index is 1.15. The molecule has 0 saturated carbocycles. The number of fused-ring (bicyclic) bond motifs is 10. The molecule has 0 amide bonds. The summed E-state index contributed by atoms with van der Waals surface area (Å²) in [4.78, 5) is 21.3. The maximum absolute atomic E-state index is 5.33. The van der Waals surface area contributed by atoms with Crippen LogP contribution in [0.1, 0.15) is 40.3 Å². The Labute approximate surface area is 444 Å². The second-order valence-corrected chi connectivity index (χ2v) is 25.0. The lowest BCUT2D eigenvalue weighted by atomic mass is 9.69. The Hall–Kier alpha value is -9.64. The average molecular weight is 993 g/mol. The Kier molecular flexibility index (Phi) is 5.33. The zero-order valence-electron chi connectivity index (χ0n) is 43.7. The standard InChI is InChI=1S/C75H36N4/c1-7-29-27(5)13-33-42-19-79-23-46-37-15-35-44-21-77-17-40-31-10-24(2)11-38-48-28(6)26(4)12-32-41-18-78-22-45-36-14-34-43-20-76-16-39-30-9-8-25(3)47-54(29)57(33)71-66(53(42)46)75-61(37)67-58(35)72-63(51(40)44)62(49(31)38)70(56(32)48)65(52(41)45)74(72)60(36)68(67)59(34)73(75)64(50(39)43)69(71)55(30)47/h8-23H,7H2,1-6H3. The summed E-state index contributed by atoms with van der Waals surface area (Å²) in [5, 5.41) is 62.1. The zero-order chi connectivity index (χ0) is 50.9. The van der Waals surface area contributed by atoms with Gasteiger partial charge in [-0.05, 0) is 248 Å². The zero-order valence-corrected chi connectivity index (χ0v) is 43.7. The molecule has 20 aromatic carbocycles. The van der Waals surface area contributed by atoms with Gasteiger partial charge in [0.15, 0.2) is 0 Å². The fourth-order valence-corrected chi connectivity index (χ4v) is 19.6. The Morgan fingerprint density at radius 3 is 0.962 bits per heavy atom. The number of rotatable bonds is 1. The van der Waals surface area contributed by atoms with Crippen LogP contribution >= 0.6 is 0 Å². The highest BCUT2D eigenvalue weighted by molar-refractivity contribution is 6.68. The highest BCUT2D eigenvalue weighted by Gasteiger charge is 2.38. The summed E-state index contributed by atoms with van der Waals surface area (Å²) in [5.74, 6) is 0. The van der Waals surface area contributed by atoms with Gasteiger partial charge in [-0.3, -0.25) is 19.9 Å². The second kappa shape index (κ2) is 11.1. The quantitative estimate of drug-likeness (QED) is 0.121. The molecule has 4 heterocycles. The molecular weight excluding hydrogens is 957 g/mol. The van der Waals surface area contributed by atoms with Crippen LogP contribution in [0.5, 0.6) is 0 Å². The van der Waals surface area contributed by atoms with Crippen molar-refractivity contribution in [2.45, 2.75) is 48.0 Å². The van der Waals surface area contributed by atoms with Gasteiger partial charge in [0.1, 0.15) is 0 Å². The van der Waals surface area contributed by atoms with Gasteiger partial charge in [-0.15, -0.1) is 0 Å². The lowest BCUT2D eigenvalue weighted by Gasteiger charge is -2.33. The molecule has 356 valence electrons. The number of hydrogen-bond donors (Lipinski definition) is 0. The third kappa shape index (κ3) is 3.31. The van der Waals surface area contributed by atoms with Gasteiger partial charge in [0, 0.05) is 136 Å². The van der Waals surface area contributed by atoms with Crippen LogP contribution in [-0.2, 0) is 6.42 Å². The number of nitrogens with zero attached hydrogens (tertiary/aromatic N) is 4. The van der Waals surface area contributed by atoms with E-state index >= 15 is 0 Å². The predicted molar refractivity (Wildman–Crippen MR) is 339 cm³/mol. The highest BCUT2D eigenvalue weighted by Crippen LogP contribution is 2.67. The molecule has 24 rings (SSSR count). The maximum atomic E-state index is 5.33. The molecule has 0 aliphatic rings. The molecule has 0 aliphatic heterocycles. The van der Waals surface area contributed by atoms with Gasteiger partial charge in [0.05, 0.1) is 0 Å². The van der Waals surface area contributed by atoms with Crippen molar-refractivity contribution in [1.29, 1.82) is 0 Å². The van der Waals surface area contributed by atoms with Crippen molar-refractivity contribution in [2.24, 2.45) is 0 Å². The molecule has 4 nitrogen and oxygen atoms in total. The van der Waals surface area contributed by atoms with E-state index in [2.05, 4.69) is 140 Å². The van der Waals surface area contributed by atoms with Gasteiger partial charge in [0.2, 0.25) is 0 Å². The molecule has 0 radical (unpaired) electrons. The van der Waals surface area contributed by atoms with Crippen LogP contribution in [0.25, 0.3) is 248 Å². The minimum absolute atomic E-state index is 0.956. The SMILES string of the molecule is CCc1c(C)cc2c3cncc4c5cc6c7cncc8c9cc(C)cc%10c%11c(C)c(C)cc%12c%13cncc%14c%15cc%16c%17cncc%18c%19ccc(C)c%20c1c2c1c(c34)c2c5c3c6c4c(c87)c(c9%10)c(c%12%11)c(c%13%14)c4c%15c3c%16c2c(c%18%17)c1c%19%20. The van der Waals surface area contributed by atoms with E-state index in [-0.39, 0.29) is 0 Å². The molecule has 4 aromatic heterocycles.